The van der Waals surface area contributed by atoms with Gasteiger partial charge in [-0.2, -0.15) is 0 Å². The van der Waals surface area contributed by atoms with Gasteiger partial charge >= 0.3 is 0 Å². The molecule has 2 aliphatic rings. The number of rotatable bonds is 5. The normalized spacial score (nSPS) is 32.5. The number of methoxy groups -OCH3 is 1. The number of carbonyl (C=O) groups is 2. The van der Waals surface area contributed by atoms with E-state index >= 15 is 0 Å². The summed E-state index contributed by atoms with van der Waals surface area (Å²) in [6.45, 7) is 8.20. The van der Waals surface area contributed by atoms with E-state index in [1.807, 2.05) is 27.7 Å². The third-order valence-corrected chi connectivity index (χ3v) is 4.57. The fourth-order valence-electron chi connectivity index (χ4n) is 3.10. The van der Waals surface area contributed by atoms with E-state index in [-0.39, 0.29) is 29.8 Å². The van der Waals surface area contributed by atoms with E-state index in [9.17, 15) is 9.59 Å². The molecule has 1 saturated heterocycles. The molecule has 1 N–H and O–H groups in total. The Balaban J connectivity index is 2.28. The lowest BCUT2D eigenvalue weighted by molar-refractivity contribution is -0.159. The van der Waals surface area contributed by atoms with Gasteiger partial charge in [0.2, 0.25) is 11.8 Å². The summed E-state index contributed by atoms with van der Waals surface area (Å²) in [5.41, 5.74) is -0.726. The molecule has 0 aromatic heterocycles. The molecule has 2 amide bonds. The number of amides is 2. The van der Waals surface area contributed by atoms with E-state index in [4.69, 9.17) is 4.74 Å². The van der Waals surface area contributed by atoms with Crippen LogP contribution in [-0.2, 0) is 14.3 Å². The van der Waals surface area contributed by atoms with Gasteiger partial charge in [-0.3, -0.25) is 9.59 Å². The van der Waals surface area contributed by atoms with Crippen LogP contribution in [-0.4, -0.2) is 48.1 Å². The van der Waals surface area contributed by atoms with Crippen molar-refractivity contribution < 1.29 is 14.3 Å². The van der Waals surface area contributed by atoms with Crippen molar-refractivity contribution in [3.05, 3.63) is 0 Å². The van der Waals surface area contributed by atoms with Crippen LogP contribution in [0.1, 0.15) is 40.5 Å². The highest BCUT2D eigenvalue weighted by molar-refractivity contribution is 6.00. The molecule has 0 spiro atoms. The predicted octanol–water partition coefficient (Wildman–Crippen LogP) is 1.17. The minimum absolute atomic E-state index is 0.0303. The lowest BCUT2D eigenvalue weighted by Crippen LogP contribution is -2.71. The van der Waals surface area contributed by atoms with Gasteiger partial charge in [-0.1, -0.05) is 13.8 Å². The number of hydrogen-bond acceptors (Lipinski definition) is 3. The fraction of sp³-hybridized carbons (Fsp3) is 0.867. The molecule has 2 fully saturated rings. The summed E-state index contributed by atoms with van der Waals surface area (Å²) >= 11 is 0. The van der Waals surface area contributed by atoms with Gasteiger partial charge in [0, 0.05) is 13.7 Å². The number of nitrogens with one attached hydrogen (secondary N) is 1. The van der Waals surface area contributed by atoms with E-state index in [2.05, 4.69) is 5.32 Å². The van der Waals surface area contributed by atoms with E-state index in [1.165, 1.54) is 0 Å². The van der Waals surface area contributed by atoms with Gasteiger partial charge in [-0.25, -0.2) is 0 Å². The van der Waals surface area contributed by atoms with Crippen molar-refractivity contribution >= 4 is 11.8 Å². The average molecular weight is 282 g/mol. The summed E-state index contributed by atoms with van der Waals surface area (Å²) < 4.78 is 5.28. The first-order valence-corrected chi connectivity index (χ1v) is 7.47. The zero-order valence-electron chi connectivity index (χ0n) is 13.1. The van der Waals surface area contributed by atoms with Crippen LogP contribution >= 0.6 is 0 Å². The fourth-order valence-corrected chi connectivity index (χ4v) is 3.10. The molecule has 114 valence electrons. The third kappa shape index (κ3) is 2.55. The maximum Gasteiger partial charge on any atom is 0.249 e. The first-order chi connectivity index (χ1) is 9.31. The Bertz CT molecular complexity index is 406. The summed E-state index contributed by atoms with van der Waals surface area (Å²) in [5.74, 6) is 0.388. The van der Waals surface area contributed by atoms with Crippen molar-refractivity contribution in [3.8, 4) is 0 Å². The van der Waals surface area contributed by atoms with Crippen LogP contribution in [0.15, 0.2) is 0 Å². The van der Waals surface area contributed by atoms with Crippen LogP contribution in [0.5, 0.6) is 0 Å². The molecule has 0 aromatic carbocycles. The lowest BCUT2D eigenvalue weighted by atomic mass is 9.86. The molecule has 5 nitrogen and oxygen atoms in total. The Morgan fingerprint density at radius 3 is 2.40 bits per heavy atom. The standard InChI is InChI=1S/C15H26N2O3/c1-9(2)12-13(18)16-15(4,11-6-7-11)14(19)17(12)8-10(3)20-5/h9-12H,6-8H2,1-5H3,(H,16,18). The third-order valence-electron chi connectivity index (χ3n) is 4.57. The van der Waals surface area contributed by atoms with Crippen molar-refractivity contribution in [2.24, 2.45) is 11.8 Å². The van der Waals surface area contributed by atoms with Gasteiger partial charge < -0.3 is 15.0 Å². The Morgan fingerprint density at radius 1 is 1.35 bits per heavy atom. The lowest BCUT2D eigenvalue weighted by Gasteiger charge is -2.46. The minimum Gasteiger partial charge on any atom is -0.380 e. The highest BCUT2D eigenvalue weighted by Crippen LogP contribution is 2.42. The van der Waals surface area contributed by atoms with Gasteiger partial charge in [-0.05, 0) is 38.5 Å². The quantitative estimate of drug-likeness (QED) is 0.823. The topological polar surface area (TPSA) is 58.6 Å². The predicted molar refractivity (Wildman–Crippen MR) is 76.1 cm³/mol. The first-order valence-electron chi connectivity index (χ1n) is 7.47. The molecule has 0 radical (unpaired) electrons. The molecule has 0 bridgehead atoms. The summed E-state index contributed by atoms with van der Waals surface area (Å²) in [5, 5.41) is 2.99. The second kappa shape index (κ2) is 5.35. The monoisotopic (exact) mass is 282 g/mol. The van der Waals surface area contributed by atoms with Crippen LogP contribution in [0.2, 0.25) is 0 Å². The summed E-state index contributed by atoms with van der Waals surface area (Å²) in [7, 11) is 1.63. The van der Waals surface area contributed by atoms with Crippen LogP contribution in [0.3, 0.4) is 0 Å². The zero-order valence-corrected chi connectivity index (χ0v) is 13.1. The van der Waals surface area contributed by atoms with Crippen molar-refractivity contribution in [1.82, 2.24) is 10.2 Å². The smallest absolute Gasteiger partial charge is 0.249 e. The maximum atomic E-state index is 12.9. The molecule has 1 aliphatic carbocycles. The van der Waals surface area contributed by atoms with Crippen LogP contribution in [0.4, 0.5) is 0 Å². The van der Waals surface area contributed by atoms with Crippen molar-refractivity contribution in [2.75, 3.05) is 13.7 Å². The summed E-state index contributed by atoms with van der Waals surface area (Å²) in [6, 6.07) is -0.396. The Labute approximate surface area is 121 Å². The van der Waals surface area contributed by atoms with E-state index in [0.717, 1.165) is 12.8 Å². The Morgan fingerprint density at radius 2 is 1.95 bits per heavy atom. The molecule has 2 rings (SSSR count). The van der Waals surface area contributed by atoms with E-state index < -0.39 is 11.6 Å². The van der Waals surface area contributed by atoms with Crippen molar-refractivity contribution in [3.63, 3.8) is 0 Å². The zero-order chi connectivity index (χ0) is 15.1. The van der Waals surface area contributed by atoms with E-state index in [0.29, 0.717) is 6.54 Å². The van der Waals surface area contributed by atoms with Crippen LogP contribution < -0.4 is 5.32 Å². The summed E-state index contributed by atoms with van der Waals surface area (Å²) in [4.78, 5) is 27.1. The Hall–Kier alpha value is -1.10. The van der Waals surface area contributed by atoms with Gasteiger partial charge in [0.1, 0.15) is 11.6 Å². The number of ether oxygens (including phenoxy) is 1. The molecule has 1 heterocycles. The molecule has 20 heavy (non-hydrogen) atoms. The number of piperazine rings is 1. The molecule has 3 unspecified atom stereocenters. The van der Waals surface area contributed by atoms with Crippen LogP contribution in [0, 0.1) is 11.8 Å². The van der Waals surface area contributed by atoms with Crippen molar-refractivity contribution in [2.45, 2.75) is 58.2 Å². The molecule has 1 saturated carbocycles. The summed E-state index contributed by atoms with van der Waals surface area (Å²) in [6.07, 6.45) is 1.96. The maximum absolute atomic E-state index is 12.9. The van der Waals surface area contributed by atoms with Gasteiger partial charge in [0.25, 0.3) is 0 Å². The molecule has 5 heteroatoms. The first kappa shape index (κ1) is 15.3. The molecule has 3 atom stereocenters. The molecule has 1 aliphatic heterocycles. The van der Waals surface area contributed by atoms with Crippen LogP contribution in [0.25, 0.3) is 0 Å². The van der Waals surface area contributed by atoms with Gasteiger partial charge in [-0.15, -0.1) is 0 Å². The molecular weight excluding hydrogens is 256 g/mol. The second-order valence-corrected chi connectivity index (χ2v) is 6.66. The highest BCUT2D eigenvalue weighted by Gasteiger charge is 2.55. The van der Waals surface area contributed by atoms with Crippen molar-refractivity contribution in [1.29, 1.82) is 0 Å². The minimum atomic E-state index is -0.726. The highest BCUT2D eigenvalue weighted by atomic mass is 16.5. The largest absolute Gasteiger partial charge is 0.380 e. The van der Waals surface area contributed by atoms with Gasteiger partial charge in [0.15, 0.2) is 0 Å². The average Bonchev–Trinajstić information content (AvgIpc) is 3.19. The number of nitrogens with zero attached hydrogens (tertiary/aromatic N) is 1. The molecule has 0 aromatic rings. The van der Waals surface area contributed by atoms with E-state index in [1.54, 1.807) is 12.0 Å². The second-order valence-electron chi connectivity index (χ2n) is 6.66. The number of carbonyl (C=O) groups excluding carboxylic acids is 2. The SMILES string of the molecule is COC(C)CN1C(=O)C(C)(C2CC2)NC(=O)C1C(C)C. The number of hydrogen-bond donors (Lipinski definition) is 1. The molecular formula is C15H26N2O3. The van der Waals surface area contributed by atoms with Gasteiger partial charge in [0.05, 0.1) is 6.10 Å². The Kier molecular flexibility index (Phi) is 4.09.